The van der Waals surface area contributed by atoms with Gasteiger partial charge in [0, 0.05) is 0 Å². The Hall–Kier alpha value is -1.11. The minimum absolute atomic E-state index is 0.170. The van der Waals surface area contributed by atoms with Gasteiger partial charge in [0.05, 0.1) is 0 Å². The molecule has 0 atom stereocenters. The smallest absolute Gasteiger partial charge is 0.181 e. The second-order valence-corrected chi connectivity index (χ2v) is 6.93. The number of rotatable bonds is 13. The van der Waals surface area contributed by atoms with Crippen molar-refractivity contribution < 1.29 is 0 Å². The first-order valence-corrected chi connectivity index (χ1v) is 9.84. The largest absolute Gasteiger partial charge is 0.290 e. The van der Waals surface area contributed by atoms with E-state index in [4.69, 9.17) is 0 Å². The van der Waals surface area contributed by atoms with Gasteiger partial charge in [-0.05, 0) is 37.0 Å². The van der Waals surface area contributed by atoms with Crippen LogP contribution in [0.25, 0.3) is 0 Å². The highest BCUT2D eigenvalue weighted by Crippen LogP contribution is 2.12. The summed E-state index contributed by atoms with van der Waals surface area (Å²) in [7, 11) is 0. The van der Waals surface area contributed by atoms with Crippen molar-refractivity contribution in [3.63, 3.8) is 0 Å². The van der Waals surface area contributed by atoms with E-state index in [1.165, 1.54) is 82.6 Å². The monoisotopic (exact) mass is 316 g/mol. The van der Waals surface area contributed by atoms with Crippen molar-refractivity contribution in [2.45, 2.75) is 97.3 Å². The fourth-order valence-corrected chi connectivity index (χ4v) is 3.05. The van der Waals surface area contributed by atoms with Crippen molar-refractivity contribution in [1.29, 1.82) is 0 Å². The topological polar surface area (TPSA) is 17.1 Å². The van der Waals surface area contributed by atoms with Crippen LogP contribution in [0, 0.1) is 6.92 Å². The highest BCUT2D eigenvalue weighted by molar-refractivity contribution is 5.19. The summed E-state index contributed by atoms with van der Waals surface area (Å²) in [5.74, 6) is 0. The molecule has 1 aromatic carbocycles. The van der Waals surface area contributed by atoms with E-state index in [0.717, 1.165) is 12.0 Å². The molecule has 0 heterocycles. The lowest BCUT2D eigenvalue weighted by molar-refractivity contribution is 0.544. The Bertz CT molecular complexity index is 464. The fraction of sp³-hybridized carbons (Fsp3) is 0.682. The molecule has 0 aromatic heterocycles. The van der Waals surface area contributed by atoms with Gasteiger partial charge in [-0.25, -0.2) is 0 Å². The summed E-state index contributed by atoms with van der Waals surface area (Å²) in [6, 6.07) is 7.82. The number of aryl methyl sites for hydroxylation is 2. The van der Waals surface area contributed by atoms with E-state index in [1.54, 1.807) is 0 Å². The predicted octanol–water partition coefficient (Wildman–Crippen LogP) is 6.60. The standard InChI is InChI=1S/C22H36O/c1-3-4-5-6-7-8-9-10-11-12-13-14-17-21-18-15-16-20(2)22(23)19-21/h15-16,18-19H,3-14,17H2,1-2H3. The molecule has 1 aromatic rings. The van der Waals surface area contributed by atoms with Crippen LogP contribution in [0.1, 0.15) is 95.1 Å². The third-order valence-electron chi connectivity index (χ3n) is 4.68. The Labute approximate surface area is 143 Å². The molecule has 0 aliphatic rings. The van der Waals surface area contributed by atoms with Crippen LogP contribution in [0.5, 0.6) is 0 Å². The van der Waals surface area contributed by atoms with E-state index in [0.29, 0.717) is 0 Å². The lowest BCUT2D eigenvalue weighted by atomic mass is 10.0. The maximum atomic E-state index is 11.8. The van der Waals surface area contributed by atoms with Crippen molar-refractivity contribution in [3.8, 4) is 0 Å². The zero-order valence-corrected chi connectivity index (χ0v) is 15.4. The molecule has 0 radical (unpaired) electrons. The third kappa shape index (κ3) is 10.3. The molecule has 0 fully saturated rings. The molecule has 0 saturated carbocycles. The number of hydrogen-bond donors (Lipinski definition) is 0. The van der Waals surface area contributed by atoms with E-state index in [9.17, 15) is 4.79 Å². The summed E-state index contributed by atoms with van der Waals surface area (Å²) < 4.78 is 0. The molecule has 0 unspecified atom stereocenters. The first-order valence-electron chi connectivity index (χ1n) is 9.84. The van der Waals surface area contributed by atoms with Gasteiger partial charge in [-0.1, -0.05) is 95.8 Å². The van der Waals surface area contributed by atoms with Gasteiger partial charge in [0.1, 0.15) is 0 Å². The van der Waals surface area contributed by atoms with Gasteiger partial charge in [-0.3, -0.25) is 4.79 Å². The molecule has 23 heavy (non-hydrogen) atoms. The summed E-state index contributed by atoms with van der Waals surface area (Å²) >= 11 is 0. The fourth-order valence-electron chi connectivity index (χ4n) is 3.05. The van der Waals surface area contributed by atoms with Gasteiger partial charge < -0.3 is 0 Å². The van der Waals surface area contributed by atoms with Crippen LogP contribution in [0.3, 0.4) is 0 Å². The lowest BCUT2D eigenvalue weighted by Crippen LogP contribution is -1.99. The van der Waals surface area contributed by atoms with Crippen LogP contribution in [0.2, 0.25) is 0 Å². The van der Waals surface area contributed by atoms with E-state index in [2.05, 4.69) is 13.0 Å². The Balaban J connectivity index is 1.97. The van der Waals surface area contributed by atoms with Crippen LogP contribution >= 0.6 is 0 Å². The van der Waals surface area contributed by atoms with Gasteiger partial charge >= 0.3 is 0 Å². The minimum Gasteiger partial charge on any atom is -0.290 e. The Morgan fingerprint density at radius 1 is 0.739 bits per heavy atom. The van der Waals surface area contributed by atoms with Crippen LogP contribution < -0.4 is 5.43 Å². The van der Waals surface area contributed by atoms with Gasteiger partial charge in [-0.2, -0.15) is 0 Å². The Morgan fingerprint density at radius 2 is 1.26 bits per heavy atom. The van der Waals surface area contributed by atoms with E-state index in [-0.39, 0.29) is 5.43 Å². The van der Waals surface area contributed by atoms with Gasteiger partial charge in [0.2, 0.25) is 0 Å². The van der Waals surface area contributed by atoms with Crippen LogP contribution in [-0.4, -0.2) is 0 Å². The molecular weight excluding hydrogens is 280 g/mol. The van der Waals surface area contributed by atoms with E-state index in [1.807, 2.05) is 25.1 Å². The highest BCUT2D eigenvalue weighted by Gasteiger charge is 1.97. The zero-order valence-electron chi connectivity index (χ0n) is 15.4. The molecule has 0 amide bonds. The second kappa shape index (κ2) is 13.3. The SMILES string of the molecule is CCCCCCCCCCCCCCc1cccc(C)c(=O)c1. The quantitative estimate of drug-likeness (QED) is 0.375. The van der Waals surface area contributed by atoms with Gasteiger partial charge in [-0.15, -0.1) is 0 Å². The van der Waals surface area contributed by atoms with Gasteiger partial charge in [0.15, 0.2) is 5.43 Å². The zero-order chi connectivity index (χ0) is 16.8. The van der Waals surface area contributed by atoms with Crippen molar-refractivity contribution in [2.24, 2.45) is 0 Å². The molecule has 1 rings (SSSR count). The van der Waals surface area contributed by atoms with Crippen molar-refractivity contribution in [3.05, 3.63) is 45.6 Å². The summed E-state index contributed by atoms with van der Waals surface area (Å²) in [5.41, 5.74) is 2.20. The first kappa shape index (κ1) is 19.9. The average molecular weight is 317 g/mol. The molecule has 1 heteroatoms. The molecule has 0 saturated heterocycles. The number of hydrogen-bond acceptors (Lipinski definition) is 1. The summed E-state index contributed by atoms with van der Waals surface area (Å²) in [6.45, 7) is 4.16. The third-order valence-corrected chi connectivity index (χ3v) is 4.68. The van der Waals surface area contributed by atoms with Gasteiger partial charge in [0.25, 0.3) is 0 Å². The Morgan fingerprint density at radius 3 is 1.83 bits per heavy atom. The second-order valence-electron chi connectivity index (χ2n) is 6.93. The maximum absolute atomic E-state index is 11.8. The summed E-state index contributed by atoms with van der Waals surface area (Å²) in [5, 5.41) is 0. The molecule has 0 N–H and O–H groups in total. The lowest BCUT2D eigenvalue weighted by Gasteiger charge is -2.03. The van der Waals surface area contributed by atoms with Crippen LogP contribution in [0.15, 0.2) is 29.1 Å². The summed E-state index contributed by atoms with van der Waals surface area (Å²) in [4.78, 5) is 11.8. The van der Waals surface area contributed by atoms with Crippen molar-refractivity contribution in [1.82, 2.24) is 0 Å². The van der Waals surface area contributed by atoms with Crippen LogP contribution in [0.4, 0.5) is 0 Å². The molecule has 0 bridgehead atoms. The molecular formula is C22H36O. The van der Waals surface area contributed by atoms with E-state index < -0.39 is 0 Å². The molecule has 130 valence electrons. The predicted molar refractivity (Wildman–Crippen MR) is 102 cm³/mol. The van der Waals surface area contributed by atoms with Crippen molar-refractivity contribution >= 4 is 0 Å². The van der Waals surface area contributed by atoms with Crippen molar-refractivity contribution in [2.75, 3.05) is 0 Å². The first-order chi connectivity index (χ1) is 11.2. The molecule has 0 spiro atoms. The molecule has 0 aliphatic carbocycles. The normalized spacial score (nSPS) is 10.9. The Kier molecular flexibility index (Phi) is 11.6. The van der Waals surface area contributed by atoms with Crippen LogP contribution in [-0.2, 0) is 6.42 Å². The maximum Gasteiger partial charge on any atom is 0.181 e. The summed E-state index contributed by atoms with van der Waals surface area (Å²) in [6.07, 6.45) is 17.6. The van der Waals surface area contributed by atoms with E-state index >= 15 is 0 Å². The average Bonchev–Trinajstić information content (AvgIpc) is 2.70. The number of unbranched alkanes of at least 4 members (excludes halogenated alkanes) is 11. The molecule has 1 nitrogen and oxygen atoms in total. The molecule has 0 aliphatic heterocycles. The minimum atomic E-state index is 0.170. The highest BCUT2D eigenvalue weighted by atomic mass is 16.1.